The number of aliphatic hydroxyl groups is 1. The Hall–Kier alpha value is -0.710. The topological polar surface area (TPSA) is 46.2 Å². The van der Waals surface area contributed by atoms with Crippen molar-refractivity contribution < 1.29 is 13.9 Å². The first kappa shape index (κ1) is 11.4. The third-order valence-electron chi connectivity index (χ3n) is 1.89. The van der Waals surface area contributed by atoms with Gasteiger partial charge in [0.1, 0.15) is 6.61 Å². The molecule has 2 nitrogen and oxygen atoms in total. The van der Waals surface area contributed by atoms with Gasteiger partial charge in [0.15, 0.2) is 0 Å². The highest BCUT2D eigenvalue weighted by Crippen LogP contribution is 2.29. The second-order valence-electron chi connectivity index (χ2n) is 2.95. The van der Waals surface area contributed by atoms with Gasteiger partial charge < -0.3 is 10.8 Å². The molecule has 0 saturated carbocycles. The summed E-state index contributed by atoms with van der Waals surface area (Å²) in [5.74, 6) is -3.31. The maximum atomic E-state index is 12.9. The predicted molar refractivity (Wildman–Crippen MR) is 50.4 cm³/mol. The summed E-state index contributed by atoms with van der Waals surface area (Å²) in [5, 5.41) is 8.88. The van der Waals surface area contributed by atoms with E-state index in [0.717, 1.165) is 0 Å². The van der Waals surface area contributed by atoms with Gasteiger partial charge in [0.25, 0.3) is 5.92 Å². The van der Waals surface area contributed by atoms with Crippen molar-refractivity contribution in [2.24, 2.45) is 5.73 Å². The molecular weight excluding hydrogens is 212 g/mol. The fourth-order valence-corrected chi connectivity index (χ4v) is 1.14. The molecule has 78 valence electrons. The van der Waals surface area contributed by atoms with Crippen LogP contribution in [0.15, 0.2) is 24.3 Å². The number of halogens is 3. The molecule has 0 heterocycles. The normalized spacial score (nSPS) is 14.1. The minimum Gasteiger partial charge on any atom is -0.390 e. The summed E-state index contributed by atoms with van der Waals surface area (Å²) in [5.41, 5.74) is 5.52. The van der Waals surface area contributed by atoms with Gasteiger partial charge in [0.05, 0.1) is 6.04 Å². The fourth-order valence-electron chi connectivity index (χ4n) is 1.01. The first-order valence-electron chi connectivity index (χ1n) is 3.97. The molecule has 3 N–H and O–H groups in total. The maximum absolute atomic E-state index is 12.9. The standard InChI is InChI=1S/C9H10ClF2NO/c10-7-3-1-6(2-4-7)8(13)9(11,12)5-14/h1-4,8,14H,5,13H2. The van der Waals surface area contributed by atoms with E-state index < -0.39 is 18.6 Å². The number of hydrogen-bond acceptors (Lipinski definition) is 2. The average Bonchev–Trinajstić information content (AvgIpc) is 2.18. The van der Waals surface area contributed by atoms with Gasteiger partial charge in [-0.05, 0) is 17.7 Å². The van der Waals surface area contributed by atoms with Crippen LogP contribution >= 0.6 is 11.6 Å². The Morgan fingerprint density at radius 3 is 2.29 bits per heavy atom. The van der Waals surface area contributed by atoms with E-state index in [1.54, 1.807) is 0 Å². The third-order valence-corrected chi connectivity index (χ3v) is 2.15. The molecule has 0 aliphatic carbocycles. The predicted octanol–water partition coefficient (Wildman–Crippen LogP) is 1.97. The number of hydrogen-bond donors (Lipinski definition) is 2. The van der Waals surface area contributed by atoms with Crippen LogP contribution in [0.1, 0.15) is 11.6 Å². The molecule has 0 aromatic heterocycles. The van der Waals surface area contributed by atoms with Gasteiger partial charge >= 0.3 is 0 Å². The molecule has 0 radical (unpaired) electrons. The molecule has 0 aliphatic rings. The van der Waals surface area contributed by atoms with Crippen molar-refractivity contribution >= 4 is 11.6 Å². The smallest absolute Gasteiger partial charge is 0.289 e. The van der Waals surface area contributed by atoms with Crippen LogP contribution in [-0.4, -0.2) is 17.6 Å². The lowest BCUT2D eigenvalue weighted by atomic mass is 10.0. The SMILES string of the molecule is NC(c1ccc(Cl)cc1)C(F)(F)CO. The molecule has 1 aromatic carbocycles. The van der Waals surface area contributed by atoms with Crippen LogP contribution in [0.4, 0.5) is 8.78 Å². The van der Waals surface area contributed by atoms with E-state index in [1.807, 2.05) is 0 Å². The largest absolute Gasteiger partial charge is 0.390 e. The van der Waals surface area contributed by atoms with E-state index in [1.165, 1.54) is 24.3 Å². The van der Waals surface area contributed by atoms with Crippen LogP contribution in [0.25, 0.3) is 0 Å². The van der Waals surface area contributed by atoms with Crippen molar-refractivity contribution in [3.63, 3.8) is 0 Å². The number of aliphatic hydroxyl groups excluding tert-OH is 1. The summed E-state index contributed by atoms with van der Waals surface area (Å²) in [6, 6.07) is 4.27. The summed E-state index contributed by atoms with van der Waals surface area (Å²) in [6.07, 6.45) is 0. The molecule has 1 atom stereocenters. The van der Waals surface area contributed by atoms with Crippen molar-refractivity contribution in [1.29, 1.82) is 0 Å². The molecule has 0 spiro atoms. The van der Waals surface area contributed by atoms with E-state index in [2.05, 4.69) is 0 Å². The van der Waals surface area contributed by atoms with Crippen molar-refractivity contribution in [3.8, 4) is 0 Å². The maximum Gasteiger partial charge on any atom is 0.289 e. The average molecular weight is 222 g/mol. The van der Waals surface area contributed by atoms with Gasteiger partial charge in [-0.15, -0.1) is 0 Å². The zero-order chi connectivity index (χ0) is 10.8. The Balaban J connectivity index is 2.89. The minimum atomic E-state index is -3.31. The molecule has 0 aliphatic heterocycles. The van der Waals surface area contributed by atoms with E-state index in [9.17, 15) is 8.78 Å². The number of alkyl halides is 2. The quantitative estimate of drug-likeness (QED) is 0.820. The summed E-state index contributed by atoms with van der Waals surface area (Å²) in [7, 11) is 0. The number of nitrogens with two attached hydrogens (primary N) is 1. The van der Waals surface area contributed by atoms with Crippen molar-refractivity contribution in [3.05, 3.63) is 34.9 Å². The van der Waals surface area contributed by atoms with E-state index in [4.69, 9.17) is 22.4 Å². The molecule has 0 saturated heterocycles. The van der Waals surface area contributed by atoms with Crippen molar-refractivity contribution in [1.82, 2.24) is 0 Å². The molecule has 0 bridgehead atoms. The highest BCUT2D eigenvalue weighted by Gasteiger charge is 2.37. The van der Waals surface area contributed by atoms with E-state index >= 15 is 0 Å². The van der Waals surface area contributed by atoms with Crippen LogP contribution in [0, 0.1) is 0 Å². The van der Waals surface area contributed by atoms with Gasteiger partial charge in [-0.2, -0.15) is 0 Å². The molecule has 14 heavy (non-hydrogen) atoms. The van der Waals surface area contributed by atoms with Crippen LogP contribution in [-0.2, 0) is 0 Å². The van der Waals surface area contributed by atoms with Crippen LogP contribution in [0.2, 0.25) is 5.02 Å². The van der Waals surface area contributed by atoms with Crippen LogP contribution in [0.5, 0.6) is 0 Å². The van der Waals surface area contributed by atoms with E-state index in [0.29, 0.717) is 5.02 Å². The lowest BCUT2D eigenvalue weighted by Gasteiger charge is -2.21. The van der Waals surface area contributed by atoms with Crippen molar-refractivity contribution in [2.75, 3.05) is 6.61 Å². The highest BCUT2D eigenvalue weighted by atomic mass is 35.5. The lowest BCUT2D eigenvalue weighted by Crippen LogP contribution is -2.36. The van der Waals surface area contributed by atoms with Gasteiger partial charge in [-0.1, -0.05) is 23.7 Å². The Morgan fingerprint density at radius 2 is 1.86 bits per heavy atom. The van der Waals surface area contributed by atoms with Crippen molar-refractivity contribution in [2.45, 2.75) is 12.0 Å². The summed E-state index contributed by atoms with van der Waals surface area (Å²) in [4.78, 5) is 0. The summed E-state index contributed by atoms with van der Waals surface area (Å²) in [6.45, 7) is -1.27. The zero-order valence-corrected chi connectivity index (χ0v) is 8.01. The second-order valence-corrected chi connectivity index (χ2v) is 3.38. The number of rotatable bonds is 3. The summed E-state index contributed by atoms with van der Waals surface area (Å²) >= 11 is 5.59. The Kier molecular flexibility index (Phi) is 3.42. The minimum absolute atomic E-state index is 0.244. The van der Waals surface area contributed by atoms with Gasteiger partial charge in [0, 0.05) is 5.02 Å². The van der Waals surface area contributed by atoms with Crippen LogP contribution in [0.3, 0.4) is 0 Å². The molecule has 0 amide bonds. The molecule has 0 fully saturated rings. The Bertz CT molecular complexity index is 302. The molecular formula is C9H10ClF2NO. The zero-order valence-electron chi connectivity index (χ0n) is 7.25. The van der Waals surface area contributed by atoms with Crippen LogP contribution < -0.4 is 5.73 Å². The first-order valence-corrected chi connectivity index (χ1v) is 4.35. The van der Waals surface area contributed by atoms with Gasteiger partial charge in [-0.3, -0.25) is 0 Å². The third kappa shape index (κ3) is 2.41. The number of benzene rings is 1. The first-order chi connectivity index (χ1) is 6.47. The lowest BCUT2D eigenvalue weighted by molar-refractivity contribution is -0.0711. The molecule has 1 unspecified atom stereocenters. The Labute approximate surface area is 85.3 Å². The summed E-state index contributed by atoms with van der Waals surface area (Å²) < 4.78 is 25.8. The van der Waals surface area contributed by atoms with Gasteiger partial charge in [0.2, 0.25) is 0 Å². The fraction of sp³-hybridized carbons (Fsp3) is 0.333. The monoisotopic (exact) mass is 221 g/mol. The highest BCUT2D eigenvalue weighted by molar-refractivity contribution is 6.30. The molecule has 5 heteroatoms. The molecule has 1 rings (SSSR count). The second kappa shape index (κ2) is 4.21. The Morgan fingerprint density at radius 1 is 1.36 bits per heavy atom. The van der Waals surface area contributed by atoms with Gasteiger partial charge in [-0.25, -0.2) is 8.78 Å². The molecule has 1 aromatic rings. The van der Waals surface area contributed by atoms with E-state index in [-0.39, 0.29) is 5.56 Å².